The van der Waals surface area contributed by atoms with Crippen LogP contribution in [-0.2, 0) is 19.6 Å². The van der Waals surface area contributed by atoms with Gasteiger partial charge in [-0.3, -0.25) is 4.79 Å². The van der Waals surface area contributed by atoms with Gasteiger partial charge in [0.05, 0.1) is 18.1 Å². The van der Waals surface area contributed by atoms with Crippen LogP contribution < -0.4 is 0 Å². The molecule has 0 saturated carbocycles. The Bertz CT molecular complexity index is 626. The molecule has 1 heterocycles. The highest BCUT2D eigenvalue weighted by Gasteiger charge is 2.38. The van der Waals surface area contributed by atoms with Crippen LogP contribution in [0.5, 0.6) is 0 Å². The summed E-state index contributed by atoms with van der Waals surface area (Å²) in [6, 6.07) is 3.82. The second-order valence-electron chi connectivity index (χ2n) is 4.81. The van der Waals surface area contributed by atoms with Crippen molar-refractivity contribution in [2.24, 2.45) is 0 Å². The molecular formula is C13H17NO5S. The van der Waals surface area contributed by atoms with Gasteiger partial charge in [0, 0.05) is 6.54 Å². The van der Waals surface area contributed by atoms with E-state index in [1.165, 1.54) is 6.07 Å². The Labute approximate surface area is 118 Å². The summed E-state index contributed by atoms with van der Waals surface area (Å²) >= 11 is 0. The molecule has 0 bridgehead atoms. The lowest BCUT2D eigenvalue weighted by Crippen LogP contribution is -2.52. The number of sulfonamides is 1. The van der Waals surface area contributed by atoms with E-state index >= 15 is 0 Å². The largest absolute Gasteiger partial charge is 0.480 e. The van der Waals surface area contributed by atoms with Gasteiger partial charge in [0.25, 0.3) is 0 Å². The number of aliphatic carboxylic acids is 1. The van der Waals surface area contributed by atoms with Crippen LogP contribution in [0.15, 0.2) is 23.1 Å². The molecule has 0 aliphatic carbocycles. The number of morpholine rings is 1. The smallest absolute Gasteiger partial charge is 0.324 e. The maximum atomic E-state index is 12.6. The summed E-state index contributed by atoms with van der Waals surface area (Å²) in [7, 11) is -3.83. The summed E-state index contributed by atoms with van der Waals surface area (Å²) in [5.41, 5.74) is 1.57. The van der Waals surface area contributed by atoms with Crippen molar-refractivity contribution >= 4 is 16.0 Å². The molecule has 1 unspecified atom stereocenters. The van der Waals surface area contributed by atoms with Crippen LogP contribution in [0.3, 0.4) is 0 Å². The summed E-state index contributed by atoms with van der Waals surface area (Å²) in [6.07, 6.45) is 0. The van der Waals surface area contributed by atoms with E-state index in [1.54, 1.807) is 19.1 Å². The molecule has 1 aliphatic heterocycles. The maximum absolute atomic E-state index is 12.6. The van der Waals surface area contributed by atoms with Crippen molar-refractivity contribution in [3.05, 3.63) is 29.3 Å². The summed E-state index contributed by atoms with van der Waals surface area (Å²) < 4.78 is 31.4. The molecule has 1 saturated heterocycles. The molecule has 1 fully saturated rings. The van der Waals surface area contributed by atoms with Gasteiger partial charge in [-0.15, -0.1) is 0 Å². The third-order valence-corrected chi connectivity index (χ3v) is 5.35. The van der Waals surface area contributed by atoms with E-state index in [0.29, 0.717) is 5.56 Å². The van der Waals surface area contributed by atoms with E-state index in [-0.39, 0.29) is 24.7 Å². The van der Waals surface area contributed by atoms with Crippen molar-refractivity contribution in [3.63, 3.8) is 0 Å². The molecule has 1 atom stereocenters. The molecule has 20 heavy (non-hydrogen) atoms. The lowest BCUT2D eigenvalue weighted by molar-refractivity contribution is -0.146. The number of nitrogens with zero attached hydrogens (tertiary/aromatic N) is 1. The number of carboxylic acids is 1. The van der Waals surface area contributed by atoms with Gasteiger partial charge in [0.15, 0.2) is 0 Å². The molecule has 0 spiro atoms. The normalized spacial score (nSPS) is 20.8. The quantitative estimate of drug-likeness (QED) is 0.891. The van der Waals surface area contributed by atoms with Crippen molar-refractivity contribution in [3.8, 4) is 0 Å². The zero-order chi connectivity index (χ0) is 14.9. The first-order chi connectivity index (χ1) is 9.34. The lowest BCUT2D eigenvalue weighted by atomic mass is 10.2. The minimum absolute atomic E-state index is 0.0482. The number of aryl methyl sites for hydroxylation is 2. The second-order valence-corrected chi connectivity index (χ2v) is 6.67. The molecule has 6 nitrogen and oxygen atoms in total. The fourth-order valence-electron chi connectivity index (χ4n) is 2.29. The SMILES string of the molecule is Cc1ccc(S(=O)(=O)N2CCOCC2C(=O)O)c(C)c1. The molecule has 1 aromatic carbocycles. The molecule has 0 aromatic heterocycles. The monoisotopic (exact) mass is 299 g/mol. The first kappa shape index (κ1) is 15.0. The zero-order valence-corrected chi connectivity index (χ0v) is 12.2. The number of carboxylic acid groups (broad SMARTS) is 1. The van der Waals surface area contributed by atoms with Crippen molar-refractivity contribution in [2.75, 3.05) is 19.8 Å². The molecule has 1 aliphatic rings. The van der Waals surface area contributed by atoms with Crippen molar-refractivity contribution < 1.29 is 23.1 Å². The van der Waals surface area contributed by atoms with Crippen LogP contribution >= 0.6 is 0 Å². The third kappa shape index (κ3) is 2.70. The Kier molecular flexibility index (Phi) is 4.12. The predicted octanol–water partition coefficient (Wildman–Crippen LogP) is 0.778. The molecule has 7 heteroatoms. The Hall–Kier alpha value is -1.44. The highest BCUT2D eigenvalue weighted by molar-refractivity contribution is 7.89. The average molecular weight is 299 g/mol. The molecule has 2 rings (SSSR count). The summed E-state index contributed by atoms with van der Waals surface area (Å²) in [5, 5.41) is 9.15. The second kappa shape index (κ2) is 5.51. The summed E-state index contributed by atoms with van der Waals surface area (Å²) in [4.78, 5) is 11.3. The highest BCUT2D eigenvalue weighted by Crippen LogP contribution is 2.24. The Balaban J connectivity index is 2.45. The van der Waals surface area contributed by atoms with Gasteiger partial charge < -0.3 is 9.84 Å². The van der Waals surface area contributed by atoms with Crippen LogP contribution in [-0.4, -0.2) is 49.6 Å². The van der Waals surface area contributed by atoms with E-state index in [9.17, 15) is 13.2 Å². The fraction of sp³-hybridized carbons (Fsp3) is 0.462. The minimum Gasteiger partial charge on any atom is -0.480 e. The van der Waals surface area contributed by atoms with Gasteiger partial charge in [-0.05, 0) is 25.5 Å². The number of benzene rings is 1. The molecular weight excluding hydrogens is 282 g/mol. The van der Waals surface area contributed by atoms with Crippen LogP contribution in [0.1, 0.15) is 11.1 Å². The van der Waals surface area contributed by atoms with E-state index in [0.717, 1.165) is 9.87 Å². The van der Waals surface area contributed by atoms with E-state index in [1.807, 2.05) is 6.92 Å². The Morgan fingerprint density at radius 1 is 1.40 bits per heavy atom. The number of rotatable bonds is 3. The minimum atomic E-state index is -3.83. The fourth-order valence-corrected chi connectivity index (χ4v) is 4.05. The molecule has 1 aromatic rings. The first-order valence-electron chi connectivity index (χ1n) is 6.23. The summed E-state index contributed by atoms with van der Waals surface area (Å²) in [5.74, 6) is -1.20. The van der Waals surface area contributed by atoms with Crippen LogP contribution in [0, 0.1) is 13.8 Å². The molecule has 110 valence electrons. The van der Waals surface area contributed by atoms with Gasteiger partial charge in [0.1, 0.15) is 6.04 Å². The van der Waals surface area contributed by atoms with E-state index in [2.05, 4.69) is 0 Å². The highest BCUT2D eigenvalue weighted by atomic mass is 32.2. The molecule has 0 radical (unpaired) electrons. The topological polar surface area (TPSA) is 83.9 Å². The number of hydrogen-bond donors (Lipinski definition) is 1. The number of hydrogen-bond acceptors (Lipinski definition) is 4. The van der Waals surface area contributed by atoms with Gasteiger partial charge in [-0.2, -0.15) is 4.31 Å². The molecule has 0 amide bonds. The van der Waals surface area contributed by atoms with Gasteiger partial charge in [-0.25, -0.2) is 8.42 Å². The van der Waals surface area contributed by atoms with Crippen LogP contribution in [0.2, 0.25) is 0 Å². The number of carbonyl (C=O) groups is 1. The van der Waals surface area contributed by atoms with E-state index < -0.39 is 22.0 Å². The predicted molar refractivity (Wildman–Crippen MR) is 72.1 cm³/mol. The van der Waals surface area contributed by atoms with Gasteiger partial charge in [-0.1, -0.05) is 17.7 Å². The van der Waals surface area contributed by atoms with Crippen LogP contribution in [0.4, 0.5) is 0 Å². The average Bonchev–Trinajstić information content (AvgIpc) is 2.38. The van der Waals surface area contributed by atoms with E-state index in [4.69, 9.17) is 9.84 Å². The number of ether oxygens (including phenoxy) is 1. The van der Waals surface area contributed by atoms with Crippen molar-refractivity contribution in [2.45, 2.75) is 24.8 Å². The standard InChI is InChI=1S/C13H17NO5S/c1-9-3-4-12(10(2)7-9)20(17,18)14-5-6-19-8-11(14)13(15)16/h3-4,7,11H,5-6,8H2,1-2H3,(H,15,16). The van der Waals surface area contributed by atoms with Gasteiger partial charge in [0.2, 0.25) is 10.0 Å². The van der Waals surface area contributed by atoms with Crippen molar-refractivity contribution in [1.29, 1.82) is 0 Å². The van der Waals surface area contributed by atoms with Crippen molar-refractivity contribution in [1.82, 2.24) is 4.31 Å². The first-order valence-corrected chi connectivity index (χ1v) is 7.67. The zero-order valence-electron chi connectivity index (χ0n) is 11.4. The van der Waals surface area contributed by atoms with Gasteiger partial charge >= 0.3 is 5.97 Å². The molecule has 1 N–H and O–H groups in total. The Morgan fingerprint density at radius 3 is 2.70 bits per heavy atom. The lowest BCUT2D eigenvalue weighted by Gasteiger charge is -2.32. The van der Waals surface area contributed by atoms with Crippen LogP contribution in [0.25, 0.3) is 0 Å². The maximum Gasteiger partial charge on any atom is 0.324 e. The third-order valence-electron chi connectivity index (χ3n) is 3.28. The summed E-state index contributed by atoms with van der Waals surface area (Å²) in [6.45, 7) is 3.70. The Morgan fingerprint density at radius 2 is 2.10 bits per heavy atom.